The zero-order chi connectivity index (χ0) is 7.82. The molecule has 0 spiro atoms. The summed E-state index contributed by atoms with van der Waals surface area (Å²) in [4.78, 5) is 0. The highest BCUT2D eigenvalue weighted by atomic mass is 16.2. The van der Waals surface area contributed by atoms with Gasteiger partial charge >= 0.3 is 0 Å². The van der Waals surface area contributed by atoms with Crippen molar-refractivity contribution in [3.63, 3.8) is 0 Å². The van der Waals surface area contributed by atoms with E-state index in [1.807, 2.05) is 0 Å². The van der Waals surface area contributed by atoms with Crippen molar-refractivity contribution in [1.29, 1.82) is 0 Å². The summed E-state index contributed by atoms with van der Waals surface area (Å²) in [5, 5.41) is 8.47. The second kappa shape index (κ2) is 9.92. The van der Waals surface area contributed by atoms with Crippen LogP contribution in [0.15, 0.2) is 0 Å². The van der Waals surface area contributed by atoms with Gasteiger partial charge in [0.2, 0.25) is 0 Å². The number of unbranched alkanes of at least 4 members (excludes halogenated alkanes) is 3. The van der Waals surface area contributed by atoms with Crippen molar-refractivity contribution in [3.8, 4) is 0 Å². The number of rotatable bonds is 6. The lowest BCUT2D eigenvalue weighted by Gasteiger charge is -2.02. The van der Waals surface area contributed by atoms with Crippen LogP contribution < -0.4 is 0 Å². The average molecular weight is 162 g/mol. The third-order valence-corrected chi connectivity index (χ3v) is 1.69. The van der Waals surface area contributed by atoms with Crippen molar-refractivity contribution in [2.45, 2.75) is 46.0 Å². The Kier molecular flexibility index (Phi) is 12.2. The zero-order valence-corrected chi connectivity index (χ0v) is 7.77. The Hall–Kier alpha value is -0.0800. The van der Waals surface area contributed by atoms with Crippen molar-refractivity contribution in [2.24, 2.45) is 5.92 Å². The summed E-state index contributed by atoms with van der Waals surface area (Å²) < 4.78 is 0. The van der Waals surface area contributed by atoms with Crippen molar-refractivity contribution in [2.75, 3.05) is 6.61 Å². The van der Waals surface area contributed by atoms with Gasteiger partial charge in [-0.2, -0.15) is 0 Å². The average Bonchev–Trinajstić information content (AvgIpc) is 1.87. The van der Waals surface area contributed by atoms with Crippen LogP contribution in [0.5, 0.6) is 0 Å². The standard InChI is InChI=1S/C9H20O.H2O/c1-9(2)7-5-3-4-6-8-10;/h9-10H,3-8H2,1-2H3;1H2. The molecule has 11 heavy (non-hydrogen) atoms. The van der Waals surface area contributed by atoms with Gasteiger partial charge in [0.15, 0.2) is 0 Å². The molecule has 0 saturated heterocycles. The van der Waals surface area contributed by atoms with E-state index in [4.69, 9.17) is 5.11 Å². The Bertz CT molecular complexity index is 62.6. The molecule has 0 aliphatic carbocycles. The van der Waals surface area contributed by atoms with Gasteiger partial charge in [-0.3, -0.25) is 0 Å². The topological polar surface area (TPSA) is 51.7 Å². The molecule has 70 valence electrons. The van der Waals surface area contributed by atoms with Crippen LogP contribution in [0, 0.1) is 5.92 Å². The summed E-state index contributed by atoms with van der Waals surface area (Å²) >= 11 is 0. The largest absolute Gasteiger partial charge is 0.412 e. The van der Waals surface area contributed by atoms with E-state index in [0.29, 0.717) is 6.61 Å². The first-order valence-electron chi connectivity index (χ1n) is 4.38. The minimum atomic E-state index is 0. The lowest BCUT2D eigenvalue weighted by atomic mass is 10.0. The molecule has 0 unspecified atom stereocenters. The number of aliphatic hydroxyl groups is 1. The van der Waals surface area contributed by atoms with Gasteiger partial charge in [0.1, 0.15) is 0 Å². The molecular weight excluding hydrogens is 140 g/mol. The fraction of sp³-hybridized carbons (Fsp3) is 1.00. The monoisotopic (exact) mass is 162 g/mol. The molecule has 0 rings (SSSR count). The van der Waals surface area contributed by atoms with Crippen LogP contribution in [0.2, 0.25) is 0 Å². The molecule has 0 bridgehead atoms. The smallest absolute Gasteiger partial charge is 0.0431 e. The molecular formula is C9H22O2. The van der Waals surface area contributed by atoms with Crippen molar-refractivity contribution >= 4 is 0 Å². The first kappa shape index (κ1) is 13.5. The lowest BCUT2D eigenvalue weighted by Crippen LogP contribution is -1.88. The van der Waals surface area contributed by atoms with Gasteiger partial charge in [0.25, 0.3) is 0 Å². The molecule has 0 aromatic rings. The highest BCUT2D eigenvalue weighted by molar-refractivity contribution is 4.46. The first-order valence-corrected chi connectivity index (χ1v) is 4.38. The fourth-order valence-corrected chi connectivity index (χ4v) is 1.02. The molecule has 0 amide bonds. The van der Waals surface area contributed by atoms with E-state index in [9.17, 15) is 0 Å². The maximum Gasteiger partial charge on any atom is 0.0431 e. The summed E-state index contributed by atoms with van der Waals surface area (Å²) in [5.74, 6) is 0.842. The summed E-state index contributed by atoms with van der Waals surface area (Å²) in [6.45, 7) is 4.87. The SMILES string of the molecule is CC(C)CCCCCCO.O. The molecule has 0 radical (unpaired) electrons. The van der Waals surface area contributed by atoms with Crippen LogP contribution in [0.25, 0.3) is 0 Å². The summed E-state index contributed by atoms with van der Waals surface area (Å²) in [6, 6.07) is 0. The van der Waals surface area contributed by atoms with E-state index >= 15 is 0 Å². The molecule has 0 atom stereocenters. The molecule has 2 heteroatoms. The van der Waals surface area contributed by atoms with Crippen LogP contribution in [0.4, 0.5) is 0 Å². The Morgan fingerprint density at radius 2 is 1.55 bits per heavy atom. The van der Waals surface area contributed by atoms with E-state index in [1.54, 1.807) is 0 Å². The van der Waals surface area contributed by atoms with Crippen molar-refractivity contribution in [1.82, 2.24) is 0 Å². The number of hydrogen-bond donors (Lipinski definition) is 1. The van der Waals surface area contributed by atoms with E-state index in [0.717, 1.165) is 12.3 Å². The second-order valence-electron chi connectivity index (χ2n) is 3.32. The molecule has 0 aliphatic heterocycles. The molecule has 2 nitrogen and oxygen atoms in total. The summed E-state index contributed by atoms with van der Waals surface area (Å²) in [5.41, 5.74) is 0. The van der Waals surface area contributed by atoms with Crippen LogP contribution in [-0.4, -0.2) is 17.2 Å². The number of hydrogen-bond acceptors (Lipinski definition) is 1. The zero-order valence-electron chi connectivity index (χ0n) is 7.77. The van der Waals surface area contributed by atoms with E-state index in [2.05, 4.69) is 13.8 Å². The highest BCUT2D eigenvalue weighted by Crippen LogP contribution is 2.08. The van der Waals surface area contributed by atoms with Gasteiger partial charge in [-0.05, 0) is 12.3 Å². The predicted octanol–water partition coefficient (Wildman–Crippen LogP) is 1.76. The van der Waals surface area contributed by atoms with Gasteiger partial charge in [-0.1, -0.05) is 39.5 Å². The van der Waals surface area contributed by atoms with Crippen LogP contribution >= 0.6 is 0 Å². The van der Waals surface area contributed by atoms with Gasteiger partial charge < -0.3 is 10.6 Å². The van der Waals surface area contributed by atoms with Crippen LogP contribution in [0.3, 0.4) is 0 Å². The minimum absolute atomic E-state index is 0. The van der Waals surface area contributed by atoms with E-state index in [-0.39, 0.29) is 5.48 Å². The molecule has 0 heterocycles. The Morgan fingerprint density at radius 3 is 2.00 bits per heavy atom. The maximum atomic E-state index is 8.47. The highest BCUT2D eigenvalue weighted by Gasteiger charge is 1.92. The van der Waals surface area contributed by atoms with Crippen LogP contribution in [-0.2, 0) is 0 Å². The Balaban J connectivity index is 0. The van der Waals surface area contributed by atoms with E-state index < -0.39 is 0 Å². The second-order valence-corrected chi connectivity index (χ2v) is 3.32. The van der Waals surface area contributed by atoms with Crippen molar-refractivity contribution in [3.05, 3.63) is 0 Å². The predicted molar refractivity (Wildman–Crippen MR) is 48.6 cm³/mol. The van der Waals surface area contributed by atoms with Gasteiger partial charge in [-0.25, -0.2) is 0 Å². The molecule has 0 aromatic heterocycles. The van der Waals surface area contributed by atoms with Crippen molar-refractivity contribution < 1.29 is 10.6 Å². The third kappa shape index (κ3) is 13.0. The Morgan fingerprint density at radius 1 is 1.00 bits per heavy atom. The summed E-state index contributed by atoms with van der Waals surface area (Å²) in [6.07, 6.45) is 6.14. The third-order valence-electron chi connectivity index (χ3n) is 1.69. The normalized spacial score (nSPS) is 9.82. The maximum absolute atomic E-state index is 8.47. The molecule has 0 aliphatic rings. The quantitative estimate of drug-likeness (QED) is 0.594. The van der Waals surface area contributed by atoms with E-state index in [1.165, 1.54) is 25.7 Å². The fourth-order valence-electron chi connectivity index (χ4n) is 1.02. The first-order chi connectivity index (χ1) is 4.77. The lowest BCUT2D eigenvalue weighted by molar-refractivity contribution is 0.282. The summed E-state index contributed by atoms with van der Waals surface area (Å²) in [7, 11) is 0. The van der Waals surface area contributed by atoms with Gasteiger partial charge in [0.05, 0.1) is 0 Å². The molecule has 0 aromatic carbocycles. The van der Waals surface area contributed by atoms with Crippen LogP contribution in [0.1, 0.15) is 46.0 Å². The van der Waals surface area contributed by atoms with Gasteiger partial charge in [0, 0.05) is 6.61 Å². The number of aliphatic hydroxyl groups excluding tert-OH is 1. The minimum Gasteiger partial charge on any atom is -0.412 e. The molecule has 0 saturated carbocycles. The molecule has 0 fully saturated rings. The van der Waals surface area contributed by atoms with Gasteiger partial charge in [-0.15, -0.1) is 0 Å². The molecule has 3 N–H and O–H groups in total. The Labute approximate surface area is 69.9 Å².